The lowest BCUT2D eigenvalue weighted by atomic mass is 9.93. The van der Waals surface area contributed by atoms with Gasteiger partial charge >= 0.3 is 0 Å². The summed E-state index contributed by atoms with van der Waals surface area (Å²) in [6.07, 6.45) is 2.26. The molecule has 0 spiro atoms. The molecule has 0 radical (unpaired) electrons. The molecule has 1 heterocycles. The Labute approximate surface area is 103 Å². The second-order valence-corrected chi connectivity index (χ2v) is 6.03. The zero-order chi connectivity index (χ0) is 10.7. The van der Waals surface area contributed by atoms with Gasteiger partial charge in [-0.1, -0.05) is 34.1 Å². The van der Waals surface area contributed by atoms with Crippen molar-refractivity contribution in [2.75, 3.05) is 11.5 Å². The average Bonchev–Trinajstić information content (AvgIpc) is 2.22. The molecular formula is C12H14BrFS. The Morgan fingerprint density at radius 2 is 2.20 bits per heavy atom. The van der Waals surface area contributed by atoms with Crippen LogP contribution in [0.25, 0.3) is 0 Å². The van der Waals surface area contributed by atoms with Crippen LogP contribution in [-0.2, 0) is 6.42 Å². The molecule has 1 saturated heterocycles. The lowest BCUT2D eigenvalue weighted by molar-refractivity contribution is 0.175. The molecule has 0 saturated carbocycles. The highest BCUT2D eigenvalue weighted by Crippen LogP contribution is 2.34. The van der Waals surface area contributed by atoms with Crippen molar-refractivity contribution in [3.63, 3.8) is 0 Å². The van der Waals surface area contributed by atoms with Gasteiger partial charge in [-0.15, -0.1) is 0 Å². The number of thioether (sulfide) groups is 1. The smallest absolute Gasteiger partial charge is 0.124 e. The van der Waals surface area contributed by atoms with Crippen molar-refractivity contribution < 1.29 is 4.39 Å². The molecule has 1 aliphatic rings. The number of hydrogen-bond donors (Lipinski definition) is 0. The maximum Gasteiger partial charge on any atom is 0.124 e. The average molecular weight is 289 g/mol. The van der Waals surface area contributed by atoms with Gasteiger partial charge in [-0.2, -0.15) is 11.8 Å². The molecule has 3 heteroatoms. The minimum absolute atomic E-state index is 0.543. The molecule has 2 rings (SSSR count). The van der Waals surface area contributed by atoms with Crippen LogP contribution in [-0.4, -0.2) is 17.2 Å². The molecule has 0 nitrogen and oxygen atoms in total. The van der Waals surface area contributed by atoms with Crippen molar-refractivity contribution in [1.82, 2.24) is 0 Å². The van der Waals surface area contributed by atoms with Gasteiger partial charge in [-0.05, 0) is 30.2 Å². The van der Waals surface area contributed by atoms with E-state index in [-0.39, 0.29) is 0 Å². The van der Waals surface area contributed by atoms with Gasteiger partial charge in [0, 0.05) is 16.6 Å². The Morgan fingerprint density at radius 3 is 2.87 bits per heavy atom. The minimum Gasteiger partial charge on any atom is -0.243 e. The topological polar surface area (TPSA) is 0 Å². The van der Waals surface area contributed by atoms with E-state index in [9.17, 15) is 4.39 Å². The third-order valence-electron chi connectivity index (χ3n) is 2.74. The second-order valence-electron chi connectivity index (χ2n) is 4.08. The fourth-order valence-corrected chi connectivity index (χ4v) is 3.47. The number of benzene rings is 1. The zero-order valence-electron chi connectivity index (χ0n) is 8.51. The van der Waals surface area contributed by atoms with Gasteiger partial charge in [0.2, 0.25) is 0 Å². The highest BCUT2D eigenvalue weighted by Gasteiger charge is 2.32. The van der Waals surface area contributed by atoms with Crippen LogP contribution >= 0.6 is 27.7 Å². The third kappa shape index (κ3) is 2.97. The SMILES string of the molecule is FC1(Cc2ccccc2Br)CCCSC1. The standard InChI is InChI=1S/C12H14BrFS/c13-11-5-2-1-4-10(11)8-12(14)6-3-7-15-9-12/h1-2,4-5H,3,6-9H2. The normalized spacial score (nSPS) is 26.5. The first-order valence-corrected chi connectivity index (χ1v) is 7.14. The Hall–Kier alpha value is -0.0200. The van der Waals surface area contributed by atoms with Crippen LogP contribution in [0.2, 0.25) is 0 Å². The van der Waals surface area contributed by atoms with Gasteiger partial charge in [0.25, 0.3) is 0 Å². The minimum atomic E-state index is -0.993. The Balaban J connectivity index is 2.10. The fraction of sp³-hybridized carbons (Fsp3) is 0.500. The maximum atomic E-state index is 14.4. The highest BCUT2D eigenvalue weighted by atomic mass is 79.9. The summed E-state index contributed by atoms with van der Waals surface area (Å²) in [5, 5.41) is 0. The van der Waals surface area contributed by atoms with Gasteiger partial charge in [0.15, 0.2) is 0 Å². The molecular weight excluding hydrogens is 275 g/mol. The summed E-state index contributed by atoms with van der Waals surface area (Å²) in [5.41, 5.74) is 0.0924. The van der Waals surface area contributed by atoms with E-state index in [4.69, 9.17) is 0 Å². The van der Waals surface area contributed by atoms with Gasteiger partial charge in [-0.25, -0.2) is 4.39 Å². The Bertz CT molecular complexity index is 334. The highest BCUT2D eigenvalue weighted by molar-refractivity contribution is 9.10. The maximum absolute atomic E-state index is 14.4. The molecule has 1 aromatic rings. The lowest BCUT2D eigenvalue weighted by Gasteiger charge is -2.29. The quantitative estimate of drug-likeness (QED) is 0.785. The van der Waals surface area contributed by atoms with Crippen molar-refractivity contribution in [3.8, 4) is 0 Å². The van der Waals surface area contributed by atoms with Crippen LogP contribution in [0.5, 0.6) is 0 Å². The third-order valence-corrected chi connectivity index (χ3v) is 4.81. The first-order valence-electron chi connectivity index (χ1n) is 5.20. The van der Waals surface area contributed by atoms with Crippen LogP contribution in [0.3, 0.4) is 0 Å². The number of halogens is 2. The van der Waals surface area contributed by atoms with E-state index in [0.29, 0.717) is 18.6 Å². The second kappa shape index (κ2) is 4.88. The zero-order valence-corrected chi connectivity index (χ0v) is 10.9. The van der Waals surface area contributed by atoms with Crippen LogP contribution in [0.1, 0.15) is 18.4 Å². The lowest BCUT2D eigenvalue weighted by Crippen LogP contribution is -2.32. The van der Waals surface area contributed by atoms with E-state index in [2.05, 4.69) is 15.9 Å². The molecule has 0 aromatic heterocycles. The van der Waals surface area contributed by atoms with Gasteiger partial charge in [-0.3, -0.25) is 0 Å². The van der Waals surface area contributed by atoms with Crippen molar-refractivity contribution >= 4 is 27.7 Å². The molecule has 1 aromatic carbocycles. The first-order chi connectivity index (χ1) is 7.20. The fourth-order valence-electron chi connectivity index (χ4n) is 1.94. The van der Waals surface area contributed by atoms with E-state index < -0.39 is 5.67 Å². The van der Waals surface area contributed by atoms with Crippen molar-refractivity contribution in [3.05, 3.63) is 34.3 Å². The van der Waals surface area contributed by atoms with Crippen LogP contribution in [0.15, 0.2) is 28.7 Å². The summed E-state index contributed by atoms with van der Waals surface area (Å²) >= 11 is 5.21. The Morgan fingerprint density at radius 1 is 1.40 bits per heavy atom. The van der Waals surface area contributed by atoms with E-state index in [1.54, 1.807) is 11.8 Å². The largest absolute Gasteiger partial charge is 0.243 e. The summed E-state index contributed by atoms with van der Waals surface area (Å²) in [7, 11) is 0. The predicted molar refractivity (Wildman–Crippen MR) is 68.2 cm³/mol. The van der Waals surface area contributed by atoms with Gasteiger partial charge < -0.3 is 0 Å². The molecule has 0 N–H and O–H groups in total. The van der Waals surface area contributed by atoms with Gasteiger partial charge in [0.05, 0.1) is 0 Å². The molecule has 0 aliphatic carbocycles. The number of hydrogen-bond acceptors (Lipinski definition) is 1. The number of alkyl halides is 1. The van der Waals surface area contributed by atoms with E-state index >= 15 is 0 Å². The summed E-state index contributed by atoms with van der Waals surface area (Å²) in [5.74, 6) is 1.76. The van der Waals surface area contributed by atoms with E-state index in [0.717, 1.165) is 22.2 Å². The molecule has 1 aliphatic heterocycles. The van der Waals surface area contributed by atoms with Crippen molar-refractivity contribution in [2.24, 2.45) is 0 Å². The van der Waals surface area contributed by atoms with Gasteiger partial charge in [0.1, 0.15) is 5.67 Å². The molecule has 0 amide bonds. The van der Waals surface area contributed by atoms with Crippen LogP contribution < -0.4 is 0 Å². The molecule has 1 fully saturated rings. The predicted octanol–water partition coefficient (Wildman–Crippen LogP) is 4.23. The first kappa shape index (κ1) is 11.5. The van der Waals surface area contributed by atoms with Crippen LogP contribution in [0.4, 0.5) is 4.39 Å². The monoisotopic (exact) mass is 288 g/mol. The number of rotatable bonds is 2. The summed E-state index contributed by atoms with van der Waals surface area (Å²) in [6, 6.07) is 7.92. The summed E-state index contributed by atoms with van der Waals surface area (Å²) < 4.78 is 15.4. The van der Waals surface area contributed by atoms with E-state index in [1.165, 1.54) is 0 Å². The van der Waals surface area contributed by atoms with Crippen molar-refractivity contribution in [2.45, 2.75) is 24.9 Å². The summed E-state index contributed by atoms with van der Waals surface area (Å²) in [4.78, 5) is 0. The Kier molecular flexibility index (Phi) is 3.73. The van der Waals surface area contributed by atoms with Crippen LogP contribution in [0, 0.1) is 0 Å². The molecule has 0 bridgehead atoms. The van der Waals surface area contributed by atoms with Crippen molar-refractivity contribution in [1.29, 1.82) is 0 Å². The molecule has 15 heavy (non-hydrogen) atoms. The molecule has 1 unspecified atom stereocenters. The summed E-state index contributed by atoms with van der Waals surface area (Å²) in [6.45, 7) is 0. The molecule has 82 valence electrons. The van der Waals surface area contributed by atoms with E-state index in [1.807, 2.05) is 24.3 Å². The molecule has 1 atom stereocenters.